The largest absolute Gasteiger partial charge is 0.489 e. The van der Waals surface area contributed by atoms with Crippen LogP contribution in [0, 0.1) is 0 Å². The lowest BCUT2D eigenvalue weighted by Gasteiger charge is -2.27. The van der Waals surface area contributed by atoms with Gasteiger partial charge in [0.1, 0.15) is 22.6 Å². The predicted octanol–water partition coefficient (Wildman–Crippen LogP) is 5.65. The van der Waals surface area contributed by atoms with Gasteiger partial charge in [-0.3, -0.25) is 19.9 Å². The number of anilines is 1. The summed E-state index contributed by atoms with van der Waals surface area (Å²) < 4.78 is 53.1. The molecule has 13 heteroatoms. The molecular weight excluding hydrogens is 563 g/mol. The molecule has 0 aliphatic carbocycles. The summed E-state index contributed by atoms with van der Waals surface area (Å²) in [6.07, 6.45) is 1.02. The minimum atomic E-state index is -4.71. The molecule has 218 valence electrons. The van der Waals surface area contributed by atoms with E-state index in [9.17, 15) is 22.8 Å². The maximum absolute atomic E-state index is 13.2. The molecule has 2 fully saturated rings. The number of ether oxygens (including phenoxy) is 2. The third kappa shape index (κ3) is 6.33. The number of benzene rings is 1. The van der Waals surface area contributed by atoms with E-state index < -0.39 is 17.8 Å². The Labute approximate surface area is 239 Å². The molecule has 2 aliphatic rings. The Morgan fingerprint density at radius 1 is 1.17 bits per heavy atom. The van der Waals surface area contributed by atoms with E-state index in [0.717, 1.165) is 19.0 Å². The topological polar surface area (TPSA) is 98.6 Å². The van der Waals surface area contributed by atoms with Crippen LogP contribution in [0.5, 0.6) is 5.75 Å². The van der Waals surface area contributed by atoms with Gasteiger partial charge in [0.2, 0.25) is 11.9 Å². The van der Waals surface area contributed by atoms with Gasteiger partial charge in [0.25, 0.3) is 5.91 Å². The number of pyridine rings is 1. The number of carbonyl (C=O) groups is 2. The number of hydrogen-bond acceptors (Lipinski definition) is 6. The fourth-order valence-corrected chi connectivity index (χ4v) is 5.49. The molecular formula is C28H29ClF3N5O4. The van der Waals surface area contributed by atoms with E-state index in [1.807, 2.05) is 0 Å². The van der Waals surface area contributed by atoms with E-state index in [4.69, 9.17) is 21.1 Å². The van der Waals surface area contributed by atoms with Crippen LogP contribution < -0.4 is 10.1 Å². The third-order valence-corrected chi connectivity index (χ3v) is 7.62. The van der Waals surface area contributed by atoms with Crippen LogP contribution in [0.3, 0.4) is 0 Å². The van der Waals surface area contributed by atoms with Gasteiger partial charge in [-0.2, -0.15) is 13.2 Å². The summed E-state index contributed by atoms with van der Waals surface area (Å²) in [6, 6.07) is 4.97. The first-order valence-electron chi connectivity index (χ1n) is 13.4. The smallest absolute Gasteiger partial charge is 0.433 e. The van der Waals surface area contributed by atoms with E-state index >= 15 is 0 Å². The first-order chi connectivity index (χ1) is 19.7. The van der Waals surface area contributed by atoms with Crippen molar-refractivity contribution in [2.24, 2.45) is 0 Å². The van der Waals surface area contributed by atoms with E-state index in [1.54, 1.807) is 21.6 Å². The van der Waals surface area contributed by atoms with Crippen molar-refractivity contribution in [3.8, 4) is 5.75 Å². The molecule has 0 saturated carbocycles. The van der Waals surface area contributed by atoms with Crippen LogP contribution in [-0.2, 0) is 15.7 Å². The fourth-order valence-electron chi connectivity index (χ4n) is 5.20. The predicted molar refractivity (Wildman–Crippen MR) is 146 cm³/mol. The Bertz CT molecular complexity index is 1450. The van der Waals surface area contributed by atoms with Gasteiger partial charge in [0, 0.05) is 37.7 Å². The Morgan fingerprint density at radius 3 is 2.68 bits per heavy atom. The normalized spacial score (nSPS) is 18.6. The molecule has 4 heterocycles. The molecule has 1 atom stereocenters. The second-order valence-electron chi connectivity index (χ2n) is 10.0. The zero-order chi connectivity index (χ0) is 29.1. The van der Waals surface area contributed by atoms with Gasteiger partial charge in [0.15, 0.2) is 0 Å². The number of halogens is 4. The van der Waals surface area contributed by atoms with Crippen LogP contribution in [0.25, 0.3) is 11.0 Å². The zero-order valence-corrected chi connectivity index (χ0v) is 22.9. The first kappa shape index (κ1) is 28.9. The molecule has 41 heavy (non-hydrogen) atoms. The fraction of sp³-hybridized carbons (Fsp3) is 0.429. The van der Waals surface area contributed by atoms with Crippen molar-refractivity contribution in [2.45, 2.75) is 50.4 Å². The number of aromatic nitrogens is 3. The lowest BCUT2D eigenvalue weighted by Crippen LogP contribution is -2.34. The minimum absolute atomic E-state index is 0.0812. The quantitative estimate of drug-likeness (QED) is 0.372. The van der Waals surface area contributed by atoms with Crippen LogP contribution in [0.4, 0.5) is 19.1 Å². The molecule has 0 unspecified atom stereocenters. The van der Waals surface area contributed by atoms with Gasteiger partial charge >= 0.3 is 6.18 Å². The maximum Gasteiger partial charge on any atom is 0.433 e. The molecule has 2 aromatic heterocycles. The van der Waals surface area contributed by atoms with Crippen LogP contribution in [0.1, 0.15) is 54.2 Å². The Kier molecular flexibility index (Phi) is 8.50. The van der Waals surface area contributed by atoms with Crippen molar-refractivity contribution in [3.05, 3.63) is 59.4 Å². The number of alkyl halides is 3. The van der Waals surface area contributed by atoms with Crippen molar-refractivity contribution in [1.29, 1.82) is 0 Å². The van der Waals surface area contributed by atoms with E-state index in [0.29, 0.717) is 68.4 Å². The SMILES string of the molecule is C=CC(=O)N1CCCC[C@@H](n2c(NC(=O)c3ccnc(C(F)(F)F)c3)nc3ccc(OC4CCOCC4)c(Cl)c32)C1. The molecule has 2 aliphatic heterocycles. The van der Waals surface area contributed by atoms with Gasteiger partial charge in [0.05, 0.1) is 30.3 Å². The summed E-state index contributed by atoms with van der Waals surface area (Å²) in [4.78, 5) is 35.4. The first-order valence-corrected chi connectivity index (χ1v) is 13.7. The van der Waals surface area contributed by atoms with E-state index in [2.05, 4.69) is 21.9 Å². The number of hydrogen-bond donors (Lipinski definition) is 1. The van der Waals surface area contributed by atoms with Gasteiger partial charge in [-0.1, -0.05) is 18.2 Å². The van der Waals surface area contributed by atoms with Crippen LogP contribution in [0.2, 0.25) is 5.02 Å². The lowest BCUT2D eigenvalue weighted by molar-refractivity contribution is -0.141. The molecule has 2 saturated heterocycles. The van der Waals surface area contributed by atoms with Crippen LogP contribution in [0.15, 0.2) is 43.1 Å². The highest BCUT2D eigenvalue weighted by Crippen LogP contribution is 2.39. The highest BCUT2D eigenvalue weighted by Gasteiger charge is 2.33. The highest BCUT2D eigenvalue weighted by atomic mass is 35.5. The van der Waals surface area contributed by atoms with Crippen molar-refractivity contribution < 1.29 is 32.2 Å². The number of rotatable bonds is 6. The summed E-state index contributed by atoms with van der Waals surface area (Å²) in [5, 5.41) is 2.97. The monoisotopic (exact) mass is 591 g/mol. The van der Waals surface area contributed by atoms with E-state index in [-0.39, 0.29) is 34.6 Å². The summed E-state index contributed by atoms with van der Waals surface area (Å²) >= 11 is 6.93. The lowest BCUT2D eigenvalue weighted by atomic mass is 10.1. The molecule has 3 aromatic rings. The second kappa shape index (κ2) is 12.1. The standard InChI is InChI=1S/C28H29ClF3N5O4/c1-2-23(38)36-12-4-3-5-18(16-36)37-25-20(6-7-21(24(25)29)41-19-9-13-40-14-10-19)34-27(37)35-26(39)17-8-11-33-22(15-17)28(30,31)32/h2,6-8,11,15,18-19H,1,3-5,9-10,12-14,16H2,(H,34,35,39)/t18-/m1/s1. The summed E-state index contributed by atoms with van der Waals surface area (Å²) in [7, 11) is 0. The molecule has 9 nitrogen and oxygen atoms in total. The number of nitrogens with one attached hydrogen (secondary N) is 1. The minimum Gasteiger partial charge on any atom is -0.489 e. The van der Waals surface area contributed by atoms with Crippen molar-refractivity contribution in [1.82, 2.24) is 19.4 Å². The molecule has 0 bridgehead atoms. The Morgan fingerprint density at radius 2 is 1.95 bits per heavy atom. The van der Waals surface area contributed by atoms with E-state index in [1.165, 1.54) is 12.1 Å². The summed E-state index contributed by atoms with van der Waals surface area (Å²) in [6.45, 7) is 5.61. The zero-order valence-electron chi connectivity index (χ0n) is 22.1. The molecule has 1 N–H and O–H groups in total. The number of likely N-dealkylation sites (tertiary alicyclic amines) is 1. The summed E-state index contributed by atoms with van der Waals surface area (Å²) in [5.41, 5.74) is -0.458. The Balaban J connectivity index is 1.56. The van der Waals surface area contributed by atoms with Crippen molar-refractivity contribution in [3.63, 3.8) is 0 Å². The Hall–Kier alpha value is -3.64. The molecule has 0 spiro atoms. The third-order valence-electron chi connectivity index (χ3n) is 7.25. The number of amides is 2. The average molecular weight is 592 g/mol. The molecule has 5 rings (SSSR count). The number of fused-ring (bicyclic) bond motifs is 1. The molecule has 0 radical (unpaired) electrons. The van der Waals surface area contributed by atoms with Crippen molar-refractivity contribution >= 4 is 40.4 Å². The molecule has 1 aromatic carbocycles. The van der Waals surface area contributed by atoms with Crippen LogP contribution in [-0.4, -0.2) is 63.7 Å². The second-order valence-corrected chi connectivity index (χ2v) is 10.4. The number of carbonyl (C=O) groups excluding carboxylic acids is 2. The van der Waals surface area contributed by atoms with Gasteiger partial charge in [-0.15, -0.1) is 0 Å². The van der Waals surface area contributed by atoms with Crippen molar-refractivity contribution in [2.75, 3.05) is 31.6 Å². The van der Waals surface area contributed by atoms with Gasteiger partial charge < -0.3 is 18.9 Å². The maximum atomic E-state index is 13.2. The highest BCUT2D eigenvalue weighted by molar-refractivity contribution is 6.36. The van der Waals surface area contributed by atoms with Gasteiger partial charge in [-0.25, -0.2) is 4.98 Å². The van der Waals surface area contributed by atoms with Crippen LogP contribution >= 0.6 is 11.6 Å². The average Bonchev–Trinajstić information content (AvgIpc) is 3.15. The summed E-state index contributed by atoms with van der Waals surface area (Å²) in [5.74, 6) is -0.477. The van der Waals surface area contributed by atoms with Gasteiger partial charge in [-0.05, 0) is 49.6 Å². The number of imidazole rings is 1. The number of nitrogens with zero attached hydrogens (tertiary/aromatic N) is 4. The molecule has 2 amide bonds.